The zero-order valence-electron chi connectivity index (χ0n) is 11.3. The Kier molecular flexibility index (Phi) is 4.95. The van der Waals surface area contributed by atoms with Gasteiger partial charge in [0.15, 0.2) is 5.30 Å². The summed E-state index contributed by atoms with van der Waals surface area (Å²) in [5.41, 5.74) is -0.329. The van der Waals surface area contributed by atoms with Crippen LogP contribution in [0.4, 0.5) is 11.4 Å². The highest BCUT2D eigenvalue weighted by Gasteiger charge is 2.41. The summed E-state index contributed by atoms with van der Waals surface area (Å²) in [5, 5.41) is 22.6. The molecule has 0 unspecified atom stereocenters. The molecule has 0 radical (unpaired) electrons. The van der Waals surface area contributed by atoms with Crippen molar-refractivity contribution in [2.45, 2.75) is 20.8 Å². The first-order valence-electron chi connectivity index (χ1n) is 6.21. The van der Waals surface area contributed by atoms with Crippen LogP contribution in [0.5, 0.6) is 0 Å². The van der Waals surface area contributed by atoms with E-state index in [4.69, 9.17) is 0 Å². The molecular formula is C12H18N2O4P+. The first-order chi connectivity index (χ1) is 8.91. The molecule has 7 heteroatoms. The number of hydrogen-bond acceptors (Lipinski definition) is 4. The van der Waals surface area contributed by atoms with Crippen LogP contribution in [0.1, 0.15) is 20.8 Å². The van der Waals surface area contributed by atoms with Gasteiger partial charge in [0.2, 0.25) is 0 Å². The highest BCUT2D eigenvalue weighted by molar-refractivity contribution is 7.83. The molecule has 1 aromatic carbocycles. The molecule has 1 aromatic rings. The van der Waals surface area contributed by atoms with Gasteiger partial charge in [0.05, 0.1) is 41.7 Å². The Balaban J connectivity index is 3.50. The molecule has 0 atom stereocenters. The molecule has 0 amide bonds. The van der Waals surface area contributed by atoms with E-state index >= 15 is 0 Å². The van der Waals surface area contributed by atoms with Crippen LogP contribution in [0.2, 0.25) is 0 Å². The third kappa shape index (κ3) is 2.89. The van der Waals surface area contributed by atoms with Gasteiger partial charge >= 0.3 is 5.69 Å². The van der Waals surface area contributed by atoms with E-state index in [1.165, 1.54) is 6.07 Å². The molecule has 0 heterocycles. The molecule has 104 valence electrons. The number of rotatable bonds is 6. The fraction of sp³-hybridized carbons (Fsp3) is 0.500. The smallest absolute Gasteiger partial charge is 0.258 e. The van der Waals surface area contributed by atoms with Crippen LogP contribution in [0.3, 0.4) is 0 Å². The lowest BCUT2D eigenvalue weighted by Crippen LogP contribution is -2.21. The summed E-state index contributed by atoms with van der Waals surface area (Å²) in [4.78, 5) is 20.8. The van der Waals surface area contributed by atoms with Crippen LogP contribution in [0, 0.1) is 20.2 Å². The van der Waals surface area contributed by atoms with Crippen LogP contribution >= 0.6 is 7.26 Å². The van der Waals surface area contributed by atoms with Gasteiger partial charge in [-0.2, -0.15) is 0 Å². The third-order valence-corrected chi connectivity index (χ3v) is 8.73. The van der Waals surface area contributed by atoms with Crippen LogP contribution < -0.4 is 5.30 Å². The maximum Gasteiger partial charge on any atom is 0.317 e. The summed E-state index contributed by atoms with van der Waals surface area (Å²) >= 11 is 0. The van der Waals surface area contributed by atoms with Gasteiger partial charge < -0.3 is 0 Å². The fourth-order valence-electron chi connectivity index (χ4n) is 2.35. The van der Waals surface area contributed by atoms with E-state index in [1.807, 2.05) is 20.8 Å². The van der Waals surface area contributed by atoms with Crippen molar-refractivity contribution in [3.05, 3.63) is 38.4 Å². The molecule has 0 aromatic heterocycles. The quantitative estimate of drug-likeness (QED) is 0.456. The molecule has 0 aliphatic carbocycles. The normalized spacial score (nSPS) is 11.3. The Morgan fingerprint density at radius 3 is 1.89 bits per heavy atom. The lowest BCUT2D eigenvalue weighted by molar-refractivity contribution is -0.393. The van der Waals surface area contributed by atoms with Gasteiger partial charge in [-0.15, -0.1) is 0 Å². The number of benzene rings is 1. The Hall–Kier alpha value is -1.55. The molecular weight excluding hydrogens is 267 g/mol. The van der Waals surface area contributed by atoms with E-state index in [9.17, 15) is 20.2 Å². The molecule has 0 saturated carbocycles. The average molecular weight is 285 g/mol. The topological polar surface area (TPSA) is 86.3 Å². The third-order valence-electron chi connectivity index (χ3n) is 3.69. The van der Waals surface area contributed by atoms with Gasteiger partial charge in [0.25, 0.3) is 5.69 Å². The molecule has 0 aliphatic heterocycles. The summed E-state index contributed by atoms with van der Waals surface area (Å²) in [5.74, 6) is 0. The predicted molar refractivity (Wildman–Crippen MR) is 77.9 cm³/mol. The number of nitro groups is 2. The van der Waals surface area contributed by atoms with Crippen molar-refractivity contribution in [3.63, 3.8) is 0 Å². The largest absolute Gasteiger partial charge is 0.317 e. The molecule has 1 rings (SSSR count). The van der Waals surface area contributed by atoms with Gasteiger partial charge in [0.1, 0.15) is 0 Å². The summed E-state index contributed by atoms with van der Waals surface area (Å²) < 4.78 is 0. The Bertz CT molecular complexity index is 492. The predicted octanol–water partition coefficient (Wildman–Crippen LogP) is 3.21. The van der Waals surface area contributed by atoms with Crippen LogP contribution in [-0.2, 0) is 0 Å². The monoisotopic (exact) mass is 285 g/mol. The van der Waals surface area contributed by atoms with Crippen molar-refractivity contribution < 1.29 is 9.85 Å². The van der Waals surface area contributed by atoms with Crippen LogP contribution in [0.15, 0.2) is 18.2 Å². The minimum atomic E-state index is -1.60. The Morgan fingerprint density at radius 1 is 1.00 bits per heavy atom. The van der Waals surface area contributed by atoms with Crippen molar-refractivity contribution in [2.75, 3.05) is 18.5 Å². The molecule has 0 bridgehead atoms. The molecule has 6 nitrogen and oxygen atoms in total. The van der Waals surface area contributed by atoms with E-state index in [2.05, 4.69) is 0 Å². The second-order valence-corrected chi connectivity index (χ2v) is 8.95. The Morgan fingerprint density at radius 2 is 1.53 bits per heavy atom. The zero-order valence-corrected chi connectivity index (χ0v) is 12.2. The van der Waals surface area contributed by atoms with Crippen molar-refractivity contribution >= 4 is 23.9 Å². The van der Waals surface area contributed by atoms with Crippen LogP contribution in [-0.4, -0.2) is 28.3 Å². The first-order valence-corrected chi connectivity index (χ1v) is 8.55. The average Bonchev–Trinajstić information content (AvgIpc) is 2.41. The van der Waals surface area contributed by atoms with E-state index < -0.39 is 17.1 Å². The van der Waals surface area contributed by atoms with Crippen molar-refractivity contribution in [3.8, 4) is 0 Å². The van der Waals surface area contributed by atoms with Gasteiger partial charge in [0, 0.05) is 6.07 Å². The molecule has 0 fully saturated rings. The van der Waals surface area contributed by atoms with E-state index in [0.29, 0.717) is 5.30 Å². The Labute approximate surface area is 112 Å². The lowest BCUT2D eigenvalue weighted by atomic mass is 10.3. The summed E-state index contributed by atoms with van der Waals surface area (Å²) in [6.07, 6.45) is 2.62. The molecule has 0 aliphatic rings. The highest BCUT2D eigenvalue weighted by atomic mass is 31.2. The van der Waals surface area contributed by atoms with E-state index in [1.54, 1.807) is 6.07 Å². The SMILES string of the molecule is CC[P+](CC)(CC)c1ccc([N+](=O)[O-])cc1[N+](=O)[O-]. The van der Waals surface area contributed by atoms with Crippen LogP contribution in [0.25, 0.3) is 0 Å². The van der Waals surface area contributed by atoms with E-state index in [-0.39, 0.29) is 11.4 Å². The standard InChI is InChI=1S/C12H18N2O4P/c1-4-19(5-2,6-3)12-8-7-10(13(15)16)9-11(12)14(17)18/h7-9H,4-6H2,1-3H3/q+1. The van der Waals surface area contributed by atoms with E-state index in [0.717, 1.165) is 24.6 Å². The minimum absolute atomic E-state index is 0.104. The second kappa shape index (κ2) is 6.06. The summed E-state index contributed by atoms with van der Waals surface area (Å²) in [7, 11) is -1.60. The van der Waals surface area contributed by atoms with Gasteiger partial charge in [-0.25, -0.2) is 0 Å². The van der Waals surface area contributed by atoms with Gasteiger partial charge in [-0.3, -0.25) is 20.2 Å². The molecule has 19 heavy (non-hydrogen) atoms. The summed E-state index contributed by atoms with van der Waals surface area (Å²) in [6.45, 7) is 6.10. The van der Waals surface area contributed by atoms with Gasteiger partial charge in [-0.05, 0) is 26.8 Å². The zero-order chi connectivity index (χ0) is 14.6. The maximum absolute atomic E-state index is 11.2. The summed E-state index contributed by atoms with van der Waals surface area (Å²) in [6, 6.07) is 4.05. The number of non-ortho nitro benzene ring substituents is 1. The first kappa shape index (κ1) is 15.5. The second-order valence-electron chi connectivity index (χ2n) is 4.28. The van der Waals surface area contributed by atoms with Crippen molar-refractivity contribution in [1.82, 2.24) is 0 Å². The number of nitrogens with zero attached hydrogens (tertiary/aromatic N) is 2. The van der Waals surface area contributed by atoms with Crippen molar-refractivity contribution in [2.24, 2.45) is 0 Å². The molecule has 0 N–H and O–H groups in total. The molecule has 0 spiro atoms. The minimum Gasteiger partial charge on any atom is -0.258 e. The number of hydrogen-bond donors (Lipinski definition) is 0. The maximum atomic E-state index is 11.2. The molecule has 0 saturated heterocycles. The lowest BCUT2D eigenvalue weighted by Gasteiger charge is -2.22. The van der Waals surface area contributed by atoms with Crippen molar-refractivity contribution in [1.29, 1.82) is 0 Å². The van der Waals surface area contributed by atoms with Gasteiger partial charge in [-0.1, -0.05) is 0 Å². The number of nitro benzene ring substituents is 2. The fourth-order valence-corrected chi connectivity index (χ4v) is 5.74. The highest BCUT2D eigenvalue weighted by Crippen LogP contribution is 2.58.